The molecule has 1 saturated heterocycles. The van der Waals surface area contributed by atoms with Crippen LogP contribution in [0.5, 0.6) is 0 Å². The molecule has 1 aliphatic heterocycles. The zero-order valence-electron chi connectivity index (χ0n) is 10.6. The van der Waals surface area contributed by atoms with Crippen LogP contribution in [0.1, 0.15) is 6.42 Å². The lowest BCUT2D eigenvalue weighted by Crippen LogP contribution is -2.61. The van der Waals surface area contributed by atoms with Crippen LogP contribution >= 0.6 is 34.4 Å². The fourth-order valence-electron chi connectivity index (χ4n) is 1.36. The van der Waals surface area contributed by atoms with Crippen molar-refractivity contribution in [2.24, 2.45) is 0 Å². The molecular weight excluding hydrogens is 466 g/mol. The van der Waals surface area contributed by atoms with Crippen molar-refractivity contribution in [1.29, 1.82) is 0 Å². The maximum absolute atomic E-state index is 13.3. The average molecular weight is 476 g/mol. The van der Waals surface area contributed by atoms with Crippen molar-refractivity contribution in [2.75, 3.05) is 19.0 Å². The molecule has 12 heteroatoms. The second-order valence-electron chi connectivity index (χ2n) is 4.65. The van der Waals surface area contributed by atoms with Gasteiger partial charge in [0, 0.05) is 21.3 Å². The molecule has 0 amide bonds. The molecule has 22 heavy (non-hydrogen) atoms. The number of rotatable bonds is 8. The van der Waals surface area contributed by atoms with Crippen LogP contribution in [-0.4, -0.2) is 52.1 Å². The summed E-state index contributed by atoms with van der Waals surface area (Å²) < 4.78 is 117. The van der Waals surface area contributed by atoms with Crippen LogP contribution in [0, 0.1) is 0 Å². The van der Waals surface area contributed by atoms with Crippen LogP contribution in [-0.2, 0) is 4.74 Å². The van der Waals surface area contributed by atoms with E-state index in [-0.39, 0.29) is 11.9 Å². The largest absolute Gasteiger partial charge is 0.460 e. The Balaban J connectivity index is 2.68. The predicted molar refractivity (Wildman–Crippen MR) is 70.4 cm³/mol. The first-order chi connectivity index (χ1) is 9.72. The maximum atomic E-state index is 13.3. The minimum absolute atomic E-state index is 0.181. The molecule has 1 heterocycles. The van der Waals surface area contributed by atoms with Gasteiger partial charge in [-0.05, 0) is 0 Å². The van der Waals surface area contributed by atoms with Gasteiger partial charge in [-0.3, -0.25) is 0 Å². The Morgan fingerprint density at radius 1 is 1.00 bits per heavy atom. The SMILES string of the molecule is FC(F)(F)C(F)(F)C(F)(F)C(F)(F)CC(I)COCC1CS1. The maximum Gasteiger partial charge on any atom is 0.460 e. The molecule has 2 atom stereocenters. The Morgan fingerprint density at radius 3 is 1.91 bits per heavy atom. The molecule has 0 aromatic rings. The van der Waals surface area contributed by atoms with Gasteiger partial charge in [-0.2, -0.15) is 51.3 Å². The summed E-state index contributed by atoms with van der Waals surface area (Å²) in [6, 6.07) is 0. The van der Waals surface area contributed by atoms with Crippen LogP contribution in [0.3, 0.4) is 0 Å². The Bertz CT molecular complexity index is 383. The molecule has 2 unspecified atom stereocenters. The van der Waals surface area contributed by atoms with Gasteiger partial charge in [-0.15, -0.1) is 0 Å². The quantitative estimate of drug-likeness (QED) is 0.216. The molecule has 0 N–H and O–H groups in total. The molecule has 0 aromatic heterocycles. The molecule has 0 spiro atoms. The van der Waals surface area contributed by atoms with Gasteiger partial charge in [0.15, 0.2) is 0 Å². The third kappa shape index (κ3) is 4.48. The van der Waals surface area contributed by atoms with E-state index in [9.17, 15) is 39.5 Å². The predicted octanol–water partition coefficient (Wildman–Crippen LogP) is 4.78. The third-order valence-corrected chi connectivity index (χ3v) is 4.43. The highest BCUT2D eigenvalue weighted by atomic mass is 127. The fraction of sp³-hybridized carbons (Fsp3) is 1.00. The smallest absolute Gasteiger partial charge is 0.379 e. The molecule has 0 radical (unpaired) electrons. The minimum atomic E-state index is -6.83. The molecule has 0 bridgehead atoms. The van der Waals surface area contributed by atoms with E-state index < -0.39 is 40.9 Å². The third-order valence-electron chi connectivity index (χ3n) is 2.69. The van der Waals surface area contributed by atoms with Crippen molar-refractivity contribution in [3.05, 3.63) is 0 Å². The van der Waals surface area contributed by atoms with Crippen molar-refractivity contribution in [3.63, 3.8) is 0 Å². The van der Waals surface area contributed by atoms with E-state index in [1.165, 1.54) is 34.4 Å². The van der Waals surface area contributed by atoms with Gasteiger partial charge < -0.3 is 4.74 Å². The summed E-state index contributed by atoms with van der Waals surface area (Å²) in [5.74, 6) is -18.1. The summed E-state index contributed by atoms with van der Waals surface area (Å²) >= 11 is 2.78. The van der Waals surface area contributed by atoms with E-state index in [1.54, 1.807) is 0 Å². The van der Waals surface area contributed by atoms with Gasteiger partial charge in [0.1, 0.15) is 0 Å². The topological polar surface area (TPSA) is 9.23 Å². The van der Waals surface area contributed by atoms with Crippen molar-refractivity contribution in [1.82, 2.24) is 0 Å². The molecule has 1 rings (SSSR count). The summed E-state index contributed by atoms with van der Waals surface area (Å²) in [4.78, 5) is 0. The van der Waals surface area contributed by atoms with E-state index in [1.807, 2.05) is 0 Å². The van der Waals surface area contributed by atoms with Gasteiger partial charge in [-0.1, -0.05) is 22.6 Å². The van der Waals surface area contributed by atoms with Gasteiger partial charge in [0.2, 0.25) is 0 Å². The molecule has 1 nitrogen and oxygen atoms in total. The van der Waals surface area contributed by atoms with Crippen LogP contribution < -0.4 is 0 Å². The van der Waals surface area contributed by atoms with E-state index >= 15 is 0 Å². The zero-order chi connectivity index (χ0) is 17.4. The molecule has 1 aliphatic rings. The summed E-state index contributed by atoms with van der Waals surface area (Å²) in [5.41, 5.74) is 0. The standard InChI is InChI=1S/C10H10F9IOS/c11-7(12,1-5(20)2-21-3-6-4-22-6)8(13,14)9(15,16)10(17,18)19/h5-6H,1-4H2. The van der Waals surface area contributed by atoms with Crippen molar-refractivity contribution < 1.29 is 44.3 Å². The summed E-state index contributed by atoms with van der Waals surface area (Å²) in [6.07, 6.45) is -8.63. The van der Waals surface area contributed by atoms with Crippen LogP contribution in [0.4, 0.5) is 39.5 Å². The van der Waals surface area contributed by atoms with Crippen LogP contribution in [0.2, 0.25) is 0 Å². The number of thioether (sulfide) groups is 1. The van der Waals surface area contributed by atoms with E-state index in [2.05, 4.69) is 0 Å². The first-order valence-corrected chi connectivity index (χ1v) is 8.05. The van der Waals surface area contributed by atoms with Gasteiger partial charge >= 0.3 is 23.9 Å². The summed E-state index contributed by atoms with van der Waals surface area (Å²) in [6.45, 7) is -0.258. The van der Waals surface area contributed by atoms with Gasteiger partial charge in [0.05, 0.1) is 13.2 Å². The van der Waals surface area contributed by atoms with E-state index in [0.29, 0.717) is 0 Å². The normalized spacial score (nSPS) is 21.8. The lowest BCUT2D eigenvalue weighted by atomic mass is 10.00. The zero-order valence-corrected chi connectivity index (χ0v) is 13.6. The number of alkyl halides is 10. The minimum Gasteiger partial charge on any atom is -0.379 e. The monoisotopic (exact) mass is 476 g/mol. The number of hydrogen-bond acceptors (Lipinski definition) is 2. The summed E-state index contributed by atoms with van der Waals surface area (Å²) in [7, 11) is 0. The second kappa shape index (κ2) is 6.73. The summed E-state index contributed by atoms with van der Waals surface area (Å²) in [5, 5.41) is 0.181. The number of hydrogen-bond donors (Lipinski definition) is 0. The highest BCUT2D eigenvalue weighted by Gasteiger charge is 2.81. The van der Waals surface area contributed by atoms with Gasteiger partial charge in [0.25, 0.3) is 0 Å². The average Bonchev–Trinajstić information content (AvgIpc) is 3.10. The van der Waals surface area contributed by atoms with E-state index in [4.69, 9.17) is 4.74 Å². The van der Waals surface area contributed by atoms with Crippen molar-refractivity contribution >= 4 is 34.4 Å². The van der Waals surface area contributed by atoms with Gasteiger partial charge in [-0.25, -0.2) is 0 Å². The Hall–Kier alpha value is 0.410. The first kappa shape index (κ1) is 20.5. The van der Waals surface area contributed by atoms with Crippen molar-refractivity contribution in [3.8, 4) is 0 Å². The number of halogens is 10. The Labute approximate surface area is 137 Å². The molecule has 1 fully saturated rings. The van der Waals surface area contributed by atoms with E-state index in [0.717, 1.165) is 5.75 Å². The number of ether oxygens (including phenoxy) is 1. The lowest BCUT2D eigenvalue weighted by Gasteiger charge is -2.34. The molecule has 0 aliphatic carbocycles. The Morgan fingerprint density at radius 2 is 1.50 bits per heavy atom. The van der Waals surface area contributed by atoms with Crippen LogP contribution in [0.15, 0.2) is 0 Å². The molecule has 132 valence electrons. The fourth-order valence-corrected chi connectivity index (χ4v) is 2.60. The molecule has 0 saturated carbocycles. The molecular formula is C10H10F9IOS. The first-order valence-electron chi connectivity index (χ1n) is 5.76. The highest BCUT2D eigenvalue weighted by Crippen LogP contribution is 2.54. The second-order valence-corrected chi connectivity index (χ2v) is 7.74. The van der Waals surface area contributed by atoms with Crippen molar-refractivity contribution in [2.45, 2.75) is 39.5 Å². The highest BCUT2D eigenvalue weighted by molar-refractivity contribution is 14.1. The molecule has 0 aromatic carbocycles. The van der Waals surface area contributed by atoms with Crippen LogP contribution in [0.25, 0.3) is 0 Å². The Kier molecular flexibility index (Phi) is 6.26. The lowest BCUT2D eigenvalue weighted by molar-refractivity contribution is -0.396.